The van der Waals surface area contributed by atoms with Gasteiger partial charge in [-0.05, 0) is 60.5 Å². The number of hydrogen-bond donors (Lipinski definition) is 2. The first-order valence-corrected chi connectivity index (χ1v) is 11.5. The predicted molar refractivity (Wildman–Crippen MR) is 134 cm³/mol. The first-order valence-electron chi connectivity index (χ1n) is 11.2. The standard InChI is InChI=1S/C27H26ClN3O4/c1-2-34-26(32)13-14-30-27(33)24-15-23(35-18-21-5-3-19(16-29)4-6-21)11-12-25(24)31-17-20-7-9-22(28)10-8-20/h3-12,15,31H,2,13-14,17-18H2,1H3,(H,30,33). The number of nitrogens with zero attached hydrogens (tertiary/aromatic N) is 1. The number of amides is 1. The largest absolute Gasteiger partial charge is 0.489 e. The zero-order valence-electron chi connectivity index (χ0n) is 19.3. The predicted octanol–water partition coefficient (Wildman–Crippen LogP) is 5.09. The highest BCUT2D eigenvalue weighted by atomic mass is 35.5. The molecule has 0 heterocycles. The average Bonchev–Trinajstić information content (AvgIpc) is 2.87. The second-order valence-electron chi connectivity index (χ2n) is 7.60. The summed E-state index contributed by atoms with van der Waals surface area (Å²) in [5.74, 6) is -0.188. The van der Waals surface area contributed by atoms with E-state index in [-0.39, 0.29) is 31.4 Å². The monoisotopic (exact) mass is 491 g/mol. The Bertz CT molecular complexity index is 1190. The Morgan fingerprint density at radius 1 is 1.00 bits per heavy atom. The van der Waals surface area contributed by atoms with E-state index in [9.17, 15) is 9.59 Å². The minimum Gasteiger partial charge on any atom is -0.489 e. The van der Waals surface area contributed by atoms with Gasteiger partial charge in [-0.1, -0.05) is 35.9 Å². The summed E-state index contributed by atoms with van der Waals surface area (Å²) < 4.78 is 10.8. The lowest BCUT2D eigenvalue weighted by molar-refractivity contribution is -0.142. The lowest BCUT2D eigenvalue weighted by Crippen LogP contribution is -2.27. The number of nitrogens with one attached hydrogen (secondary N) is 2. The van der Waals surface area contributed by atoms with E-state index in [1.54, 1.807) is 37.3 Å². The third kappa shape index (κ3) is 8.05. The van der Waals surface area contributed by atoms with Crippen LogP contribution in [-0.2, 0) is 22.7 Å². The van der Waals surface area contributed by atoms with Crippen molar-refractivity contribution < 1.29 is 19.1 Å². The summed E-state index contributed by atoms with van der Waals surface area (Å²) in [6.45, 7) is 2.96. The molecule has 0 spiro atoms. The van der Waals surface area contributed by atoms with Crippen molar-refractivity contribution in [2.45, 2.75) is 26.5 Å². The van der Waals surface area contributed by atoms with Crippen molar-refractivity contribution >= 4 is 29.2 Å². The molecule has 0 saturated carbocycles. The van der Waals surface area contributed by atoms with Gasteiger partial charge in [-0.15, -0.1) is 0 Å². The van der Waals surface area contributed by atoms with Crippen molar-refractivity contribution in [1.82, 2.24) is 5.32 Å². The zero-order chi connectivity index (χ0) is 25.0. The van der Waals surface area contributed by atoms with Crippen LogP contribution < -0.4 is 15.4 Å². The molecule has 8 heteroatoms. The SMILES string of the molecule is CCOC(=O)CCNC(=O)c1cc(OCc2ccc(C#N)cc2)ccc1NCc1ccc(Cl)cc1. The summed E-state index contributed by atoms with van der Waals surface area (Å²) in [4.78, 5) is 24.5. The lowest BCUT2D eigenvalue weighted by Gasteiger charge is -2.15. The molecule has 3 aromatic rings. The number of carbonyl (C=O) groups excluding carboxylic acids is 2. The third-order valence-corrected chi connectivity index (χ3v) is 5.29. The molecule has 3 rings (SSSR count). The molecule has 0 radical (unpaired) electrons. The molecule has 0 aliphatic rings. The lowest BCUT2D eigenvalue weighted by atomic mass is 10.1. The minimum atomic E-state index is -0.367. The van der Waals surface area contributed by atoms with Crippen LogP contribution in [0.15, 0.2) is 66.7 Å². The molecule has 0 aliphatic carbocycles. The van der Waals surface area contributed by atoms with Gasteiger partial charge in [-0.3, -0.25) is 9.59 Å². The van der Waals surface area contributed by atoms with Crippen LogP contribution in [0.4, 0.5) is 5.69 Å². The number of esters is 1. The van der Waals surface area contributed by atoms with Crippen LogP contribution in [0.25, 0.3) is 0 Å². The van der Waals surface area contributed by atoms with Gasteiger partial charge >= 0.3 is 5.97 Å². The summed E-state index contributed by atoms with van der Waals surface area (Å²) in [6, 6.07) is 21.8. The van der Waals surface area contributed by atoms with Crippen LogP contribution in [0.1, 0.15) is 40.4 Å². The van der Waals surface area contributed by atoms with Crippen LogP contribution in [0, 0.1) is 11.3 Å². The average molecular weight is 492 g/mol. The first kappa shape index (κ1) is 25.6. The van der Waals surface area contributed by atoms with Crippen molar-refractivity contribution in [3.05, 3.63) is 94.0 Å². The molecule has 0 aromatic heterocycles. The van der Waals surface area contributed by atoms with Crippen molar-refractivity contribution in [2.75, 3.05) is 18.5 Å². The smallest absolute Gasteiger partial charge is 0.307 e. The highest BCUT2D eigenvalue weighted by Crippen LogP contribution is 2.24. The molecule has 0 atom stereocenters. The second kappa shape index (κ2) is 13.0. The van der Waals surface area contributed by atoms with Crippen LogP contribution >= 0.6 is 11.6 Å². The summed E-state index contributed by atoms with van der Waals surface area (Å²) in [5.41, 5.74) is 3.49. The van der Waals surface area contributed by atoms with Gasteiger partial charge in [-0.2, -0.15) is 5.26 Å². The Balaban J connectivity index is 1.72. The van der Waals surface area contributed by atoms with E-state index < -0.39 is 0 Å². The molecule has 0 saturated heterocycles. The zero-order valence-corrected chi connectivity index (χ0v) is 20.1. The molecule has 1 amide bonds. The Hall–Kier alpha value is -4.02. The first-order chi connectivity index (χ1) is 17.0. The number of halogens is 1. The van der Waals surface area contributed by atoms with Crippen molar-refractivity contribution in [3.63, 3.8) is 0 Å². The van der Waals surface area contributed by atoms with E-state index in [4.69, 9.17) is 26.3 Å². The van der Waals surface area contributed by atoms with Gasteiger partial charge < -0.3 is 20.1 Å². The van der Waals surface area contributed by atoms with E-state index in [2.05, 4.69) is 16.7 Å². The Morgan fingerprint density at radius 2 is 1.71 bits per heavy atom. The van der Waals surface area contributed by atoms with Crippen molar-refractivity contribution in [3.8, 4) is 11.8 Å². The number of hydrogen-bond acceptors (Lipinski definition) is 6. The van der Waals surface area contributed by atoms with Gasteiger partial charge in [0.05, 0.1) is 30.2 Å². The quantitative estimate of drug-likeness (QED) is 0.362. The number of ether oxygens (including phenoxy) is 2. The fourth-order valence-corrected chi connectivity index (χ4v) is 3.33. The molecule has 3 aromatic carbocycles. The third-order valence-electron chi connectivity index (χ3n) is 5.04. The molecule has 0 unspecified atom stereocenters. The van der Waals surface area contributed by atoms with Crippen LogP contribution in [0.2, 0.25) is 5.02 Å². The molecule has 2 N–H and O–H groups in total. The van der Waals surface area contributed by atoms with E-state index in [0.29, 0.717) is 40.7 Å². The number of rotatable bonds is 11. The topological polar surface area (TPSA) is 100 Å². The normalized spacial score (nSPS) is 10.2. The highest BCUT2D eigenvalue weighted by Gasteiger charge is 2.14. The fraction of sp³-hybridized carbons (Fsp3) is 0.222. The van der Waals surface area contributed by atoms with Gasteiger partial charge in [0, 0.05) is 23.8 Å². The minimum absolute atomic E-state index is 0.0853. The number of benzene rings is 3. The van der Waals surface area contributed by atoms with Crippen LogP contribution in [-0.4, -0.2) is 25.0 Å². The Kier molecular flexibility index (Phi) is 9.52. The van der Waals surface area contributed by atoms with E-state index >= 15 is 0 Å². The highest BCUT2D eigenvalue weighted by molar-refractivity contribution is 6.30. The molecule has 180 valence electrons. The molecule has 0 bridgehead atoms. The van der Waals surface area contributed by atoms with E-state index in [1.165, 1.54) is 0 Å². The van der Waals surface area contributed by atoms with Crippen LogP contribution in [0.3, 0.4) is 0 Å². The molecular formula is C27H26ClN3O4. The van der Waals surface area contributed by atoms with E-state index in [1.807, 2.05) is 36.4 Å². The van der Waals surface area contributed by atoms with Crippen LogP contribution in [0.5, 0.6) is 5.75 Å². The molecule has 0 fully saturated rings. The van der Waals surface area contributed by atoms with Gasteiger partial charge in [0.1, 0.15) is 12.4 Å². The number of anilines is 1. The number of nitriles is 1. The Morgan fingerprint density at radius 3 is 2.40 bits per heavy atom. The maximum atomic E-state index is 13.0. The summed E-state index contributed by atoms with van der Waals surface area (Å²) in [6.07, 6.45) is 0.0853. The second-order valence-corrected chi connectivity index (χ2v) is 8.03. The van der Waals surface area contributed by atoms with Crippen molar-refractivity contribution in [2.24, 2.45) is 0 Å². The molecule has 0 aliphatic heterocycles. The fourth-order valence-electron chi connectivity index (χ4n) is 3.20. The summed E-state index contributed by atoms with van der Waals surface area (Å²) in [5, 5.41) is 15.6. The Labute approximate surface area is 209 Å². The molecule has 7 nitrogen and oxygen atoms in total. The maximum Gasteiger partial charge on any atom is 0.307 e. The summed E-state index contributed by atoms with van der Waals surface area (Å²) >= 11 is 5.96. The van der Waals surface area contributed by atoms with Gasteiger partial charge in [0.15, 0.2) is 0 Å². The van der Waals surface area contributed by atoms with Crippen molar-refractivity contribution in [1.29, 1.82) is 5.26 Å². The van der Waals surface area contributed by atoms with Gasteiger partial charge in [0.2, 0.25) is 0 Å². The van der Waals surface area contributed by atoms with E-state index in [0.717, 1.165) is 11.1 Å². The van der Waals surface area contributed by atoms with Gasteiger partial charge in [0.25, 0.3) is 5.91 Å². The maximum absolute atomic E-state index is 13.0. The molecular weight excluding hydrogens is 466 g/mol. The number of carbonyl (C=O) groups is 2. The van der Waals surface area contributed by atoms with Gasteiger partial charge in [-0.25, -0.2) is 0 Å². The molecule has 35 heavy (non-hydrogen) atoms. The summed E-state index contributed by atoms with van der Waals surface area (Å²) in [7, 11) is 0.